The van der Waals surface area contributed by atoms with E-state index < -0.39 is 0 Å². The third-order valence-electron chi connectivity index (χ3n) is 4.27. The molecule has 0 bridgehead atoms. The van der Waals surface area contributed by atoms with E-state index >= 15 is 0 Å². The van der Waals surface area contributed by atoms with E-state index in [-0.39, 0.29) is 36.2 Å². The molecule has 6 heteroatoms. The highest BCUT2D eigenvalue weighted by Gasteiger charge is 2.47. The summed E-state index contributed by atoms with van der Waals surface area (Å²) in [6, 6.07) is 5.93. The maximum Gasteiger partial charge on any atom is 0.226 e. The van der Waals surface area contributed by atoms with Crippen LogP contribution < -0.4 is 5.32 Å². The van der Waals surface area contributed by atoms with Gasteiger partial charge < -0.3 is 10.2 Å². The number of piperazine rings is 1. The third-order valence-corrected chi connectivity index (χ3v) is 5.11. The second-order valence-electron chi connectivity index (χ2n) is 5.68. The molecule has 2 aliphatic rings. The van der Waals surface area contributed by atoms with E-state index in [2.05, 4.69) is 12.2 Å². The molecule has 1 saturated carbocycles. The number of carbonyl (C=O) groups excluding carboxylic acids is 1. The Morgan fingerprint density at radius 2 is 2.14 bits per heavy atom. The minimum absolute atomic E-state index is 0. The topological polar surface area (TPSA) is 32.3 Å². The Kier molecular flexibility index (Phi) is 5.42. The number of rotatable bonds is 2. The maximum absolute atomic E-state index is 12.6. The summed E-state index contributed by atoms with van der Waals surface area (Å²) < 4.78 is 0. The number of carbonyl (C=O) groups is 1. The summed E-state index contributed by atoms with van der Waals surface area (Å²) in [7, 11) is 0. The molecule has 3 nitrogen and oxygen atoms in total. The van der Waals surface area contributed by atoms with Crippen LogP contribution in [-0.2, 0) is 4.79 Å². The first-order chi connectivity index (χ1) is 9.59. The maximum atomic E-state index is 12.6. The molecule has 0 spiro atoms. The predicted molar refractivity (Wildman–Crippen MR) is 88.6 cm³/mol. The van der Waals surface area contributed by atoms with Gasteiger partial charge in [0.05, 0.1) is 10.0 Å². The Labute approximate surface area is 141 Å². The summed E-state index contributed by atoms with van der Waals surface area (Å²) in [4.78, 5) is 14.6. The van der Waals surface area contributed by atoms with Crippen molar-refractivity contribution in [2.75, 3.05) is 19.6 Å². The van der Waals surface area contributed by atoms with Gasteiger partial charge in [0, 0.05) is 31.6 Å². The third kappa shape index (κ3) is 3.31. The van der Waals surface area contributed by atoms with Crippen molar-refractivity contribution >= 4 is 41.5 Å². The Morgan fingerprint density at radius 1 is 1.38 bits per heavy atom. The van der Waals surface area contributed by atoms with E-state index in [0.717, 1.165) is 31.6 Å². The van der Waals surface area contributed by atoms with E-state index in [1.54, 1.807) is 6.07 Å². The zero-order chi connectivity index (χ0) is 14.3. The van der Waals surface area contributed by atoms with Crippen molar-refractivity contribution in [3.8, 4) is 0 Å². The molecular weight excluding hydrogens is 331 g/mol. The minimum atomic E-state index is 0. The van der Waals surface area contributed by atoms with Crippen molar-refractivity contribution in [3.05, 3.63) is 33.8 Å². The highest BCUT2D eigenvalue weighted by atomic mass is 35.5. The quantitative estimate of drug-likeness (QED) is 0.888. The summed E-state index contributed by atoms with van der Waals surface area (Å²) in [5.74, 6) is 0.572. The average Bonchev–Trinajstić information content (AvgIpc) is 3.22. The number of halogens is 3. The number of nitrogens with zero attached hydrogens (tertiary/aromatic N) is 1. The largest absolute Gasteiger partial charge is 0.337 e. The molecule has 1 aliphatic heterocycles. The molecule has 3 atom stereocenters. The molecule has 21 heavy (non-hydrogen) atoms. The van der Waals surface area contributed by atoms with E-state index in [4.69, 9.17) is 23.2 Å². The molecule has 1 amide bonds. The first kappa shape index (κ1) is 16.9. The molecule has 1 N–H and O–H groups in total. The van der Waals surface area contributed by atoms with Crippen molar-refractivity contribution in [2.24, 2.45) is 5.92 Å². The molecule has 116 valence electrons. The van der Waals surface area contributed by atoms with Gasteiger partial charge in [0.15, 0.2) is 0 Å². The van der Waals surface area contributed by atoms with Crippen molar-refractivity contribution in [2.45, 2.75) is 25.3 Å². The normalized spacial score (nSPS) is 28.0. The fourth-order valence-corrected chi connectivity index (χ4v) is 3.45. The van der Waals surface area contributed by atoms with Gasteiger partial charge in [-0.2, -0.15) is 0 Å². The van der Waals surface area contributed by atoms with Gasteiger partial charge in [-0.15, -0.1) is 12.4 Å². The lowest BCUT2D eigenvalue weighted by molar-refractivity contribution is -0.135. The number of amides is 1. The molecule has 2 unspecified atom stereocenters. The van der Waals surface area contributed by atoms with Crippen LogP contribution in [0.15, 0.2) is 18.2 Å². The Morgan fingerprint density at radius 3 is 2.86 bits per heavy atom. The monoisotopic (exact) mass is 348 g/mol. The first-order valence-corrected chi connectivity index (χ1v) is 7.80. The van der Waals surface area contributed by atoms with Crippen molar-refractivity contribution in [1.82, 2.24) is 10.2 Å². The number of hydrogen-bond donors (Lipinski definition) is 1. The molecule has 1 saturated heterocycles. The summed E-state index contributed by atoms with van der Waals surface area (Å²) in [5.41, 5.74) is 1.01. The van der Waals surface area contributed by atoms with Gasteiger partial charge in [0.2, 0.25) is 5.91 Å². The minimum Gasteiger partial charge on any atom is -0.337 e. The van der Waals surface area contributed by atoms with Crippen LogP contribution in [0.25, 0.3) is 0 Å². The first-order valence-electron chi connectivity index (χ1n) is 7.04. The van der Waals surface area contributed by atoms with Crippen LogP contribution in [0, 0.1) is 5.92 Å². The van der Waals surface area contributed by atoms with Crippen LogP contribution in [0.2, 0.25) is 10.0 Å². The van der Waals surface area contributed by atoms with E-state index in [1.807, 2.05) is 17.0 Å². The number of nitrogens with one attached hydrogen (secondary N) is 1. The van der Waals surface area contributed by atoms with E-state index in [0.29, 0.717) is 10.0 Å². The van der Waals surface area contributed by atoms with Gasteiger partial charge in [0.1, 0.15) is 0 Å². The second kappa shape index (κ2) is 6.74. The van der Waals surface area contributed by atoms with Crippen LogP contribution in [0.3, 0.4) is 0 Å². The molecule has 0 aromatic heterocycles. The standard InChI is InChI=1S/C15H18Cl2N2O.ClH/c1-9-8-18-5-6-19(9)15(20)12-7-11(12)10-3-2-4-13(16)14(10)17;/h2-4,9,11-12,18H,5-8H2,1H3;1H/t9-,11?,12?;/m0./s1. The fraction of sp³-hybridized carbons (Fsp3) is 0.533. The summed E-state index contributed by atoms with van der Waals surface area (Å²) in [6.07, 6.45) is 0.884. The van der Waals surface area contributed by atoms with Gasteiger partial charge in [-0.3, -0.25) is 4.79 Å². The predicted octanol–water partition coefficient (Wildman–Crippen LogP) is 3.34. The second-order valence-corrected chi connectivity index (χ2v) is 6.46. The van der Waals surface area contributed by atoms with Crippen LogP contribution in [0.4, 0.5) is 0 Å². The molecule has 1 aromatic rings. The molecule has 0 radical (unpaired) electrons. The Balaban J connectivity index is 0.00000161. The van der Waals surface area contributed by atoms with Gasteiger partial charge in [0.25, 0.3) is 0 Å². The fourth-order valence-electron chi connectivity index (χ4n) is 3.00. The lowest BCUT2D eigenvalue weighted by Crippen LogP contribution is -2.52. The SMILES string of the molecule is C[C@H]1CNCCN1C(=O)C1CC1c1cccc(Cl)c1Cl.Cl. The van der Waals surface area contributed by atoms with Crippen molar-refractivity contribution in [3.63, 3.8) is 0 Å². The van der Waals surface area contributed by atoms with Gasteiger partial charge >= 0.3 is 0 Å². The van der Waals surface area contributed by atoms with Crippen molar-refractivity contribution in [1.29, 1.82) is 0 Å². The molecule has 1 heterocycles. The zero-order valence-electron chi connectivity index (χ0n) is 11.8. The van der Waals surface area contributed by atoms with E-state index in [9.17, 15) is 4.79 Å². The molecule has 3 rings (SSSR count). The summed E-state index contributed by atoms with van der Waals surface area (Å²) >= 11 is 12.3. The van der Waals surface area contributed by atoms with Crippen LogP contribution >= 0.6 is 35.6 Å². The Hall–Kier alpha value is -0.480. The van der Waals surface area contributed by atoms with E-state index in [1.165, 1.54) is 0 Å². The van der Waals surface area contributed by atoms with Crippen LogP contribution in [0.5, 0.6) is 0 Å². The number of hydrogen-bond acceptors (Lipinski definition) is 2. The molecule has 2 fully saturated rings. The average molecular weight is 350 g/mol. The Bertz CT molecular complexity index is 538. The van der Waals surface area contributed by atoms with Crippen LogP contribution in [0.1, 0.15) is 24.8 Å². The van der Waals surface area contributed by atoms with Gasteiger partial charge in [-0.05, 0) is 30.9 Å². The molecule has 1 aromatic carbocycles. The highest BCUT2D eigenvalue weighted by molar-refractivity contribution is 6.42. The molecular formula is C15H19Cl3N2O. The van der Waals surface area contributed by atoms with Crippen LogP contribution in [-0.4, -0.2) is 36.5 Å². The zero-order valence-corrected chi connectivity index (χ0v) is 14.1. The highest BCUT2D eigenvalue weighted by Crippen LogP contribution is 2.51. The lowest BCUT2D eigenvalue weighted by atomic mass is 10.1. The smallest absolute Gasteiger partial charge is 0.226 e. The summed E-state index contributed by atoms with van der Waals surface area (Å²) in [5, 5.41) is 4.47. The number of benzene rings is 1. The lowest BCUT2D eigenvalue weighted by Gasteiger charge is -2.34. The van der Waals surface area contributed by atoms with Gasteiger partial charge in [-0.25, -0.2) is 0 Å². The summed E-state index contributed by atoms with van der Waals surface area (Å²) in [6.45, 7) is 4.65. The van der Waals surface area contributed by atoms with Crippen molar-refractivity contribution < 1.29 is 4.79 Å². The molecule has 1 aliphatic carbocycles. The van der Waals surface area contributed by atoms with Gasteiger partial charge in [-0.1, -0.05) is 35.3 Å².